The molecule has 0 spiro atoms. The van der Waals surface area contributed by atoms with Gasteiger partial charge in [0.1, 0.15) is 11.6 Å². The van der Waals surface area contributed by atoms with Gasteiger partial charge >= 0.3 is 5.97 Å². The standard InChI is InChI=1S/C24H25ClN4O3/c1-15-14-29(22(30)12-19(15)20-10-17(25)7-6-16(20)13-26)21(23(31)32-24(2,3)4)11-18-8-9-28(5)27-18/h6-10,12,14,21H,11H2,1-5H3. The molecule has 0 N–H and O–H groups in total. The van der Waals surface area contributed by atoms with Crippen LogP contribution in [0.1, 0.15) is 43.6 Å². The van der Waals surface area contributed by atoms with E-state index in [1.165, 1.54) is 10.6 Å². The average Bonchev–Trinajstić information content (AvgIpc) is 3.11. The van der Waals surface area contributed by atoms with Crippen molar-refractivity contribution in [1.29, 1.82) is 5.26 Å². The molecule has 32 heavy (non-hydrogen) atoms. The predicted molar refractivity (Wildman–Crippen MR) is 122 cm³/mol. The molecule has 2 heterocycles. The first-order valence-corrected chi connectivity index (χ1v) is 10.5. The summed E-state index contributed by atoms with van der Waals surface area (Å²) in [6.45, 7) is 7.16. The number of aryl methyl sites for hydroxylation is 2. The predicted octanol–water partition coefficient (Wildman–Crippen LogP) is 4.21. The molecule has 0 aliphatic heterocycles. The van der Waals surface area contributed by atoms with Crippen LogP contribution < -0.4 is 5.56 Å². The van der Waals surface area contributed by atoms with E-state index in [2.05, 4.69) is 11.2 Å². The minimum atomic E-state index is -0.890. The van der Waals surface area contributed by atoms with Crippen LogP contribution >= 0.6 is 11.6 Å². The van der Waals surface area contributed by atoms with E-state index in [1.54, 1.807) is 69.2 Å². The minimum Gasteiger partial charge on any atom is -0.458 e. The number of benzene rings is 1. The van der Waals surface area contributed by atoms with Gasteiger partial charge < -0.3 is 9.30 Å². The summed E-state index contributed by atoms with van der Waals surface area (Å²) in [6.07, 6.45) is 3.60. The van der Waals surface area contributed by atoms with Crippen LogP contribution in [-0.4, -0.2) is 25.9 Å². The third-order valence-electron chi connectivity index (χ3n) is 4.86. The van der Waals surface area contributed by atoms with Gasteiger partial charge in [0.15, 0.2) is 0 Å². The van der Waals surface area contributed by atoms with E-state index in [0.717, 1.165) is 5.56 Å². The van der Waals surface area contributed by atoms with Crippen molar-refractivity contribution in [3.63, 3.8) is 0 Å². The van der Waals surface area contributed by atoms with E-state index in [1.807, 2.05) is 6.92 Å². The van der Waals surface area contributed by atoms with Crippen LogP contribution in [-0.2, 0) is 23.0 Å². The Bertz CT molecular complexity index is 1260. The van der Waals surface area contributed by atoms with Gasteiger partial charge in [-0.1, -0.05) is 11.6 Å². The van der Waals surface area contributed by atoms with Crippen LogP contribution in [0.4, 0.5) is 0 Å². The number of esters is 1. The Balaban J connectivity index is 2.10. The maximum atomic E-state index is 13.2. The van der Waals surface area contributed by atoms with Crippen LogP contribution in [0.2, 0.25) is 5.02 Å². The molecule has 3 rings (SSSR count). The lowest BCUT2D eigenvalue weighted by atomic mass is 9.97. The SMILES string of the molecule is Cc1cn(C(Cc2ccn(C)n2)C(=O)OC(C)(C)C)c(=O)cc1-c1cc(Cl)ccc1C#N. The molecule has 1 unspecified atom stereocenters. The second-order valence-electron chi connectivity index (χ2n) is 8.65. The lowest BCUT2D eigenvalue weighted by Crippen LogP contribution is -2.36. The Morgan fingerprint density at radius 1 is 1.25 bits per heavy atom. The first kappa shape index (κ1) is 23.3. The smallest absolute Gasteiger partial charge is 0.330 e. The van der Waals surface area contributed by atoms with Crippen LogP contribution in [0.5, 0.6) is 0 Å². The Hall–Kier alpha value is -3.37. The monoisotopic (exact) mass is 452 g/mol. The molecular weight excluding hydrogens is 428 g/mol. The number of hydrogen-bond acceptors (Lipinski definition) is 5. The Kier molecular flexibility index (Phi) is 6.56. The van der Waals surface area contributed by atoms with Gasteiger partial charge in [0.25, 0.3) is 5.56 Å². The van der Waals surface area contributed by atoms with Gasteiger partial charge in [-0.05, 0) is 63.1 Å². The number of ether oxygens (including phenoxy) is 1. The summed E-state index contributed by atoms with van der Waals surface area (Å²) in [6, 6.07) is 9.38. The van der Waals surface area contributed by atoms with Gasteiger partial charge in [0.05, 0.1) is 17.3 Å². The molecule has 8 heteroatoms. The molecule has 0 aliphatic carbocycles. The lowest BCUT2D eigenvalue weighted by Gasteiger charge is -2.25. The fourth-order valence-electron chi connectivity index (χ4n) is 3.46. The zero-order chi connectivity index (χ0) is 23.6. The number of carbonyl (C=O) groups is 1. The molecule has 1 aromatic carbocycles. The first-order chi connectivity index (χ1) is 15.0. The summed E-state index contributed by atoms with van der Waals surface area (Å²) in [5.41, 5.74) is 1.86. The molecule has 0 amide bonds. The normalized spacial score (nSPS) is 12.3. The van der Waals surface area contributed by atoms with E-state index in [4.69, 9.17) is 16.3 Å². The number of halogens is 1. The highest BCUT2D eigenvalue weighted by Crippen LogP contribution is 2.29. The molecular formula is C24H25ClN4O3. The molecule has 0 fully saturated rings. The second kappa shape index (κ2) is 9.01. The molecule has 2 aromatic heterocycles. The summed E-state index contributed by atoms with van der Waals surface area (Å²) in [4.78, 5) is 26.2. The van der Waals surface area contributed by atoms with E-state index >= 15 is 0 Å². The van der Waals surface area contributed by atoms with Gasteiger partial charge in [-0.15, -0.1) is 0 Å². The van der Waals surface area contributed by atoms with Crippen molar-refractivity contribution in [2.75, 3.05) is 0 Å². The van der Waals surface area contributed by atoms with Crippen LogP contribution in [0.15, 0.2) is 47.5 Å². The van der Waals surface area contributed by atoms with E-state index < -0.39 is 17.6 Å². The fraction of sp³-hybridized carbons (Fsp3) is 0.333. The summed E-state index contributed by atoms with van der Waals surface area (Å²) in [5.74, 6) is -0.516. The molecule has 166 valence electrons. The number of aromatic nitrogens is 3. The Morgan fingerprint density at radius 3 is 2.56 bits per heavy atom. The van der Waals surface area contributed by atoms with Crippen molar-refractivity contribution < 1.29 is 9.53 Å². The number of carbonyl (C=O) groups excluding carboxylic acids is 1. The largest absolute Gasteiger partial charge is 0.458 e. The molecule has 3 aromatic rings. The van der Waals surface area contributed by atoms with E-state index in [-0.39, 0.29) is 12.0 Å². The highest BCUT2D eigenvalue weighted by Gasteiger charge is 2.29. The number of hydrogen-bond donors (Lipinski definition) is 0. The van der Waals surface area contributed by atoms with Gasteiger partial charge in [0, 0.05) is 42.5 Å². The second-order valence-corrected chi connectivity index (χ2v) is 9.09. The summed E-state index contributed by atoms with van der Waals surface area (Å²) >= 11 is 6.13. The molecule has 0 radical (unpaired) electrons. The summed E-state index contributed by atoms with van der Waals surface area (Å²) in [5, 5.41) is 14.3. The van der Waals surface area contributed by atoms with Gasteiger partial charge in [-0.3, -0.25) is 9.48 Å². The molecule has 7 nitrogen and oxygen atoms in total. The number of rotatable bonds is 5. The highest BCUT2D eigenvalue weighted by atomic mass is 35.5. The number of nitrogens with zero attached hydrogens (tertiary/aromatic N) is 4. The highest BCUT2D eigenvalue weighted by molar-refractivity contribution is 6.31. The number of nitriles is 1. The quantitative estimate of drug-likeness (QED) is 0.541. The minimum absolute atomic E-state index is 0.203. The number of pyridine rings is 1. The Labute approximate surface area is 191 Å². The third-order valence-corrected chi connectivity index (χ3v) is 5.09. The fourth-order valence-corrected chi connectivity index (χ4v) is 3.63. The molecule has 0 bridgehead atoms. The van der Waals surface area contributed by atoms with Crippen molar-refractivity contribution >= 4 is 17.6 Å². The van der Waals surface area contributed by atoms with Crippen LogP contribution in [0.25, 0.3) is 11.1 Å². The van der Waals surface area contributed by atoms with E-state index in [0.29, 0.717) is 27.4 Å². The zero-order valence-electron chi connectivity index (χ0n) is 18.7. The maximum absolute atomic E-state index is 13.2. The lowest BCUT2D eigenvalue weighted by molar-refractivity contribution is -0.159. The Morgan fingerprint density at radius 2 is 1.97 bits per heavy atom. The van der Waals surface area contributed by atoms with Gasteiger partial charge in [-0.25, -0.2) is 4.79 Å². The maximum Gasteiger partial charge on any atom is 0.330 e. The topological polar surface area (TPSA) is 89.9 Å². The third kappa shape index (κ3) is 5.27. The summed E-state index contributed by atoms with van der Waals surface area (Å²) < 4.78 is 8.61. The summed E-state index contributed by atoms with van der Waals surface area (Å²) in [7, 11) is 1.79. The molecule has 1 atom stereocenters. The molecule has 0 saturated heterocycles. The van der Waals surface area contributed by atoms with Crippen molar-refractivity contribution in [3.05, 3.63) is 74.9 Å². The molecule has 0 aliphatic rings. The first-order valence-electron chi connectivity index (χ1n) is 10.1. The van der Waals surface area contributed by atoms with Gasteiger partial charge in [-0.2, -0.15) is 10.4 Å². The van der Waals surface area contributed by atoms with Crippen LogP contribution in [0, 0.1) is 18.3 Å². The molecule has 0 saturated carbocycles. The van der Waals surface area contributed by atoms with Gasteiger partial charge in [0.2, 0.25) is 0 Å². The van der Waals surface area contributed by atoms with Crippen molar-refractivity contribution in [2.45, 2.75) is 45.8 Å². The van der Waals surface area contributed by atoms with Crippen molar-refractivity contribution in [2.24, 2.45) is 7.05 Å². The zero-order valence-corrected chi connectivity index (χ0v) is 19.5. The van der Waals surface area contributed by atoms with E-state index in [9.17, 15) is 14.9 Å². The van der Waals surface area contributed by atoms with Crippen LogP contribution in [0.3, 0.4) is 0 Å². The van der Waals surface area contributed by atoms with Crippen molar-refractivity contribution in [3.8, 4) is 17.2 Å². The van der Waals surface area contributed by atoms with Crippen molar-refractivity contribution in [1.82, 2.24) is 14.3 Å². The average molecular weight is 453 g/mol.